The minimum absolute atomic E-state index is 0. The maximum absolute atomic E-state index is 3.62. The van der Waals surface area contributed by atoms with Gasteiger partial charge in [-0.1, -0.05) is 61.5 Å². The molecular weight excluding hydrogens is 447 g/mol. The first-order chi connectivity index (χ1) is 10.0. The molecule has 0 saturated heterocycles. The third-order valence-corrected chi connectivity index (χ3v) is 6.49. The van der Waals surface area contributed by atoms with Crippen LogP contribution in [0.1, 0.15) is 27.2 Å². The van der Waals surface area contributed by atoms with Gasteiger partial charge in [-0.3, -0.25) is 0 Å². The van der Waals surface area contributed by atoms with E-state index in [1.165, 1.54) is 33.4 Å². The standard InChI is InChI=1S/C20H23Si.Hf/c1-13-8-6-10-17(13)19-14(2)12-16-9-7-11-18(21(4)5)15(3)20(16)19;/h6-9,11,15H,10H2,1-5H3;/q-1;. The quantitative estimate of drug-likeness (QED) is 0.376. The molecule has 0 aromatic rings. The number of fused-ring (bicyclic) bond motifs is 1. The summed E-state index contributed by atoms with van der Waals surface area (Å²) in [5.74, 6) is 0.514. The van der Waals surface area contributed by atoms with Crippen LogP contribution in [0.15, 0.2) is 63.8 Å². The van der Waals surface area contributed by atoms with Crippen molar-refractivity contribution in [1.29, 1.82) is 0 Å². The Labute approximate surface area is 155 Å². The predicted octanol–water partition coefficient (Wildman–Crippen LogP) is 4.96. The van der Waals surface area contributed by atoms with Crippen LogP contribution in [0.4, 0.5) is 0 Å². The molecule has 0 aromatic carbocycles. The second-order valence-electron chi connectivity index (χ2n) is 6.42. The van der Waals surface area contributed by atoms with Crippen LogP contribution >= 0.6 is 0 Å². The normalized spacial score (nSPS) is 23.3. The summed E-state index contributed by atoms with van der Waals surface area (Å²) in [6, 6.07) is 0. The first kappa shape index (κ1) is 17.7. The number of rotatable bonds is 1. The van der Waals surface area contributed by atoms with Crippen molar-refractivity contribution in [3.8, 4) is 0 Å². The molecule has 0 heterocycles. The van der Waals surface area contributed by atoms with Gasteiger partial charge < -0.3 is 0 Å². The molecule has 0 radical (unpaired) electrons. The van der Waals surface area contributed by atoms with Crippen molar-refractivity contribution in [1.82, 2.24) is 0 Å². The average Bonchev–Trinajstić information content (AvgIpc) is 2.92. The van der Waals surface area contributed by atoms with Crippen molar-refractivity contribution in [2.24, 2.45) is 5.92 Å². The summed E-state index contributed by atoms with van der Waals surface area (Å²) in [5, 5.41) is 1.62. The molecule has 0 saturated carbocycles. The van der Waals surface area contributed by atoms with E-state index in [9.17, 15) is 0 Å². The van der Waals surface area contributed by atoms with Crippen LogP contribution in [0, 0.1) is 12.0 Å². The summed E-state index contributed by atoms with van der Waals surface area (Å²) >= 11 is 0. The van der Waals surface area contributed by atoms with Crippen molar-refractivity contribution in [3.63, 3.8) is 0 Å². The third kappa shape index (κ3) is 2.92. The second kappa shape index (κ2) is 6.88. The molecule has 3 aliphatic rings. The summed E-state index contributed by atoms with van der Waals surface area (Å²) in [6.07, 6.45) is 16.1. The minimum atomic E-state index is -0.428. The molecule has 0 aliphatic heterocycles. The monoisotopic (exact) mass is 471 g/mol. The van der Waals surface area contributed by atoms with E-state index in [-0.39, 0.29) is 25.8 Å². The zero-order valence-corrected chi connectivity index (χ0v) is 18.8. The number of hydrogen-bond acceptors (Lipinski definition) is 0. The first-order valence-corrected chi connectivity index (χ1v) is 10.3. The van der Waals surface area contributed by atoms with Crippen LogP contribution in [0.25, 0.3) is 0 Å². The van der Waals surface area contributed by atoms with Gasteiger partial charge in [0.05, 0.1) is 0 Å². The molecule has 0 aromatic heterocycles. The molecule has 0 amide bonds. The van der Waals surface area contributed by atoms with Crippen LogP contribution in [-0.4, -0.2) is 13.6 Å². The van der Waals surface area contributed by atoms with Gasteiger partial charge in [0, 0.05) is 34.3 Å². The summed E-state index contributed by atoms with van der Waals surface area (Å²) in [6.45, 7) is 11.6. The van der Waals surface area contributed by atoms with Gasteiger partial charge >= 0.3 is 0 Å². The topological polar surface area (TPSA) is 0 Å². The van der Waals surface area contributed by atoms with Gasteiger partial charge in [-0.05, 0) is 19.3 Å². The molecule has 0 nitrogen and oxygen atoms in total. The second-order valence-corrected chi connectivity index (χ2v) is 9.00. The van der Waals surface area contributed by atoms with Gasteiger partial charge in [-0.2, -0.15) is 5.57 Å². The largest absolute Gasteiger partial charge is 0.154 e. The van der Waals surface area contributed by atoms with Gasteiger partial charge in [0.2, 0.25) is 0 Å². The van der Waals surface area contributed by atoms with Gasteiger partial charge in [0.1, 0.15) is 0 Å². The SMILES string of the molecule is CC1=[C-]C2=CC=CC(=[Si](C)C)C(C)C2=C1C1=C(C)C=CC1.[Hf]. The molecule has 1 unspecified atom stereocenters. The van der Waals surface area contributed by atoms with Crippen LogP contribution in [0.3, 0.4) is 0 Å². The fourth-order valence-corrected chi connectivity index (χ4v) is 5.14. The van der Waals surface area contributed by atoms with Crippen molar-refractivity contribution in [3.05, 3.63) is 69.9 Å². The van der Waals surface area contributed by atoms with Crippen molar-refractivity contribution in [2.45, 2.75) is 40.3 Å². The van der Waals surface area contributed by atoms with E-state index in [1.807, 2.05) is 0 Å². The molecule has 3 rings (SSSR count). The first-order valence-electron chi connectivity index (χ1n) is 7.78. The Bertz CT molecular complexity index is 717. The van der Waals surface area contributed by atoms with Crippen LogP contribution < -0.4 is 0 Å². The molecule has 112 valence electrons. The summed E-state index contributed by atoms with van der Waals surface area (Å²) in [7, 11) is -0.428. The smallest absolute Gasteiger partial charge is 0.00715 e. The minimum Gasteiger partial charge on any atom is -0.154 e. The maximum atomic E-state index is 3.62. The summed E-state index contributed by atoms with van der Waals surface area (Å²) < 4.78 is 0. The van der Waals surface area contributed by atoms with E-state index in [4.69, 9.17) is 0 Å². The van der Waals surface area contributed by atoms with Crippen molar-refractivity contribution < 1.29 is 25.8 Å². The van der Waals surface area contributed by atoms with Crippen LogP contribution in [0.2, 0.25) is 13.1 Å². The molecule has 2 heteroatoms. The van der Waals surface area contributed by atoms with E-state index in [0.29, 0.717) is 5.92 Å². The van der Waals surface area contributed by atoms with Crippen molar-refractivity contribution in [2.75, 3.05) is 0 Å². The van der Waals surface area contributed by atoms with Gasteiger partial charge in [0.15, 0.2) is 0 Å². The third-order valence-electron chi connectivity index (χ3n) is 4.74. The fourth-order valence-electron chi connectivity index (χ4n) is 3.70. The van der Waals surface area contributed by atoms with E-state index in [0.717, 1.165) is 6.42 Å². The maximum Gasteiger partial charge on any atom is 0.00715 e. The zero-order valence-electron chi connectivity index (χ0n) is 14.2. The summed E-state index contributed by atoms with van der Waals surface area (Å²) in [4.78, 5) is 0. The number of hydrogen-bond donors (Lipinski definition) is 0. The van der Waals surface area contributed by atoms with Crippen LogP contribution in [-0.2, 0) is 25.8 Å². The van der Waals surface area contributed by atoms with E-state index < -0.39 is 8.41 Å². The molecular formula is C20H23HfSi-. The summed E-state index contributed by atoms with van der Waals surface area (Å²) in [5.41, 5.74) is 8.53. The average molecular weight is 470 g/mol. The Balaban J connectivity index is 0.00000176. The molecule has 0 N–H and O–H groups in total. The Morgan fingerprint density at radius 1 is 1.18 bits per heavy atom. The van der Waals surface area contributed by atoms with Crippen molar-refractivity contribution >= 4 is 13.6 Å². The predicted molar refractivity (Wildman–Crippen MR) is 94.8 cm³/mol. The Hall–Kier alpha value is -0.603. The van der Waals surface area contributed by atoms with Crippen LogP contribution in [0.5, 0.6) is 0 Å². The Kier molecular flexibility index (Phi) is 5.55. The molecule has 0 spiro atoms. The van der Waals surface area contributed by atoms with E-state index in [1.54, 1.807) is 5.17 Å². The Morgan fingerprint density at radius 2 is 1.91 bits per heavy atom. The molecule has 0 fully saturated rings. The molecule has 0 bridgehead atoms. The van der Waals surface area contributed by atoms with Gasteiger partial charge in [-0.15, -0.1) is 34.9 Å². The van der Waals surface area contributed by atoms with E-state index in [2.05, 4.69) is 70.3 Å². The molecule has 1 atom stereocenters. The van der Waals surface area contributed by atoms with Gasteiger partial charge in [0.25, 0.3) is 0 Å². The fraction of sp³-hybridized carbons (Fsp3) is 0.350. The van der Waals surface area contributed by atoms with Gasteiger partial charge in [-0.25, -0.2) is 0 Å². The molecule has 22 heavy (non-hydrogen) atoms. The Morgan fingerprint density at radius 3 is 2.50 bits per heavy atom. The zero-order chi connectivity index (χ0) is 15.1. The van der Waals surface area contributed by atoms with E-state index >= 15 is 0 Å². The number of allylic oxidation sites excluding steroid dienone is 12. The molecule has 3 aliphatic carbocycles.